The third kappa shape index (κ3) is 5.35. The van der Waals surface area contributed by atoms with Gasteiger partial charge in [-0.3, -0.25) is 4.57 Å². The molecule has 6 nitrogen and oxygen atoms in total. The fraction of sp³-hybridized carbons (Fsp3) is 0.0156. The van der Waals surface area contributed by atoms with Gasteiger partial charge >= 0.3 is 0 Å². The van der Waals surface area contributed by atoms with E-state index in [1.165, 1.54) is 55.5 Å². The average Bonchev–Trinajstić information content (AvgIpc) is 4.04. The number of nitrogens with zero attached hydrogens (tertiary/aromatic N) is 6. The summed E-state index contributed by atoms with van der Waals surface area (Å²) in [7, 11) is 0. The van der Waals surface area contributed by atoms with Crippen LogP contribution in [0.5, 0.6) is 0 Å². The van der Waals surface area contributed by atoms with E-state index in [9.17, 15) is 0 Å². The van der Waals surface area contributed by atoms with Crippen LogP contribution in [0, 0.1) is 0 Å². The van der Waals surface area contributed by atoms with Crippen LogP contribution in [-0.4, -0.2) is 24.1 Å². The average molecular weight is 893 g/mol. The summed E-state index contributed by atoms with van der Waals surface area (Å²) in [6.07, 6.45) is 0. The summed E-state index contributed by atoms with van der Waals surface area (Å²) in [6, 6.07) is 87.4. The van der Waals surface area contributed by atoms with Gasteiger partial charge in [-0.25, -0.2) is 4.98 Å². The van der Waals surface area contributed by atoms with E-state index < -0.39 is 5.41 Å². The zero-order valence-corrected chi connectivity index (χ0v) is 37.8. The van der Waals surface area contributed by atoms with E-state index in [-0.39, 0.29) is 0 Å². The van der Waals surface area contributed by atoms with Crippen molar-refractivity contribution in [2.24, 2.45) is 0 Å². The molecule has 1 spiro atoms. The van der Waals surface area contributed by atoms with Gasteiger partial charge in [0.2, 0.25) is 5.95 Å². The Hall–Kier alpha value is -9.39. The van der Waals surface area contributed by atoms with Crippen molar-refractivity contribution in [3.8, 4) is 45.5 Å². The van der Waals surface area contributed by atoms with Crippen molar-refractivity contribution >= 4 is 60.7 Å². The van der Waals surface area contributed by atoms with Crippen molar-refractivity contribution in [3.05, 3.63) is 265 Å². The minimum absolute atomic E-state index is 0.560. The highest BCUT2D eigenvalue weighted by molar-refractivity contribution is 6.19. The van der Waals surface area contributed by atoms with E-state index >= 15 is 0 Å². The van der Waals surface area contributed by atoms with Crippen molar-refractivity contribution in [2.45, 2.75) is 5.41 Å². The van der Waals surface area contributed by atoms with Crippen molar-refractivity contribution in [1.29, 1.82) is 0 Å². The molecule has 6 heteroatoms. The number of benzene rings is 10. The van der Waals surface area contributed by atoms with Crippen LogP contribution in [0.1, 0.15) is 22.3 Å². The van der Waals surface area contributed by atoms with Crippen LogP contribution in [-0.2, 0) is 5.41 Å². The van der Waals surface area contributed by atoms with E-state index in [4.69, 9.17) is 15.0 Å². The summed E-state index contributed by atoms with van der Waals surface area (Å²) in [6.45, 7) is 0. The number of anilines is 3. The molecule has 326 valence electrons. The predicted octanol–water partition coefficient (Wildman–Crippen LogP) is 15.5. The first-order chi connectivity index (χ1) is 34.7. The Morgan fingerprint density at radius 3 is 1.47 bits per heavy atom. The van der Waals surface area contributed by atoms with Gasteiger partial charge in [-0.05, 0) is 100 Å². The summed E-state index contributed by atoms with van der Waals surface area (Å²) in [5.74, 6) is 1.78. The molecule has 0 radical (unpaired) electrons. The van der Waals surface area contributed by atoms with Gasteiger partial charge in [0, 0.05) is 44.0 Å². The molecule has 1 aliphatic heterocycles. The molecule has 0 bridgehead atoms. The molecule has 3 aromatic heterocycles. The number of aromatic nitrogens is 5. The van der Waals surface area contributed by atoms with Crippen molar-refractivity contribution in [2.75, 3.05) is 4.90 Å². The molecular formula is C64H40N6. The lowest BCUT2D eigenvalue weighted by Crippen LogP contribution is -2.36. The van der Waals surface area contributed by atoms with E-state index in [0.29, 0.717) is 17.6 Å². The smallest absolute Gasteiger partial charge is 0.238 e. The fourth-order valence-corrected chi connectivity index (χ4v) is 11.9. The molecule has 10 aromatic carbocycles. The van der Waals surface area contributed by atoms with Crippen LogP contribution < -0.4 is 4.90 Å². The Morgan fingerprint density at radius 1 is 0.300 bits per heavy atom. The van der Waals surface area contributed by atoms with Crippen LogP contribution in [0.15, 0.2) is 243 Å². The SMILES string of the molecule is c1ccc(-c2nc(-c3ccc4c(c3)-c3ccccc3C43c4ccccc4N(c4ccccc4)c4ccccc43)nc(-n3c4ccccc4c4cc5c6ccccc6n(-c6ccccc6)c5cc43)n2)cc1. The largest absolute Gasteiger partial charge is 0.310 e. The molecule has 0 unspecified atom stereocenters. The van der Waals surface area contributed by atoms with Crippen molar-refractivity contribution in [1.82, 2.24) is 24.1 Å². The van der Waals surface area contributed by atoms with E-state index in [1.807, 2.05) is 18.2 Å². The standard InChI is InChI=1S/C64H40N6/c1-4-20-41(21-5-1)61-65-62(67-63(66-61)70-56-33-17-12-28-47(56)50-39-49-46-27-11-16-32-55(46)68(59(49)40-60(50)70)43-22-6-2-7-23-43)42-36-37-52-48(38-42)45-26-10-13-29-51(45)64(52)53-30-14-18-34-57(53)69(44-24-8-3-9-25-44)58-35-19-15-31-54(58)64/h1-40H. The first kappa shape index (κ1) is 38.7. The molecule has 0 atom stereocenters. The van der Waals surface area contributed by atoms with E-state index in [0.717, 1.165) is 55.3 Å². The molecule has 0 fully saturated rings. The van der Waals surface area contributed by atoms with Gasteiger partial charge in [0.15, 0.2) is 11.6 Å². The fourth-order valence-electron chi connectivity index (χ4n) is 11.9. The Balaban J connectivity index is 0.977. The van der Waals surface area contributed by atoms with Crippen LogP contribution in [0.2, 0.25) is 0 Å². The van der Waals surface area contributed by atoms with Gasteiger partial charge in [0.05, 0.1) is 38.9 Å². The topological polar surface area (TPSA) is 51.8 Å². The van der Waals surface area contributed by atoms with Gasteiger partial charge in [0.25, 0.3) is 0 Å². The van der Waals surface area contributed by atoms with E-state index in [1.54, 1.807) is 0 Å². The Kier molecular flexibility index (Phi) is 8.18. The highest BCUT2D eigenvalue weighted by atomic mass is 15.2. The third-order valence-corrected chi connectivity index (χ3v) is 14.8. The maximum Gasteiger partial charge on any atom is 0.238 e. The summed E-state index contributed by atoms with van der Waals surface area (Å²) in [5.41, 5.74) is 17.5. The molecule has 0 saturated heterocycles. The number of rotatable bonds is 5. The van der Waals surface area contributed by atoms with Crippen LogP contribution in [0.25, 0.3) is 89.2 Å². The highest BCUT2D eigenvalue weighted by Crippen LogP contribution is 2.63. The maximum absolute atomic E-state index is 5.50. The second-order valence-corrected chi connectivity index (χ2v) is 18.3. The van der Waals surface area contributed by atoms with E-state index in [2.05, 4.69) is 238 Å². The summed E-state index contributed by atoms with van der Waals surface area (Å²) in [5, 5.41) is 4.68. The molecule has 15 rings (SSSR count). The second-order valence-electron chi connectivity index (χ2n) is 18.3. The van der Waals surface area contributed by atoms with Gasteiger partial charge in [-0.2, -0.15) is 9.97 Å². The highest BCUT2D eigenvalue weighted by Gasteiger charge is 2.51. The van der Waals surface area contributed by atoms with Crippen molar-refractivity contribution < 1.29 is 0 Å². The van der Waals surface area contributed by atoms with Crippen LogP contribution in [0.4, 0.5) is 17.1 Å². The van der Waals surface area contributed by atoms with Gasteiger partial charge < -0.3 is 9.47 Å². The second kappa shape index (κ2) is 14.8. The Labute approximate surface area is 403 Å². The first-order valence-electron chi connectivity index (χ1n) is 23.9. The number of hydrogen-bond acceptors (Lipinski definition) is 4. The zero-order chi connectivity index (χ0) is 45.9. The van der Waals surface area contributed by atoms with Gasteiger partial charge in [-0.15, -0.1) is 0 Å². The molecule has 2 aliphatic rings. The summed E-state index contributed by atoms with van der Waals surface area (Å²) < 4.78 is 4.61. The van der Waals surface area contributed by atoms with Crippen LogP contribution >= 0.6 is 0 Å². The third-order valence-electron chi connectivity index (χ3n) is 14.8. The summed E-state index contributed by atoms with van der Waals surface area (Å²) >= 11 is 0. The molecule has 1 aliphatic carbocycles. The minimum Gasteiger partial charge on any atom is -0.310 e. The predicted molar refractivity (Wildman–Crippen MR) is 285 cm³/mol. The lowest BCUT2D eigenvalue weighted by Gasteiger charge is -2.45. The molecule has 0 N–H and O–H groups in total. The lowest BCUT2D eigenvalue weighted by atomic mass is 9.64. The minimum atomic E-state index is -0.571. The van der Waals surface area contributed by atoms with Gasteiger partial charge in [-0.1, -0.05) is 176 Å². The molecule has 4 heterocycles. The quantitative estimate of drug-likeness (QED) is 0.173. The lowest BCUT2D eigenvalue weighted by molar-refractivity contribution is 0.752. The normalized spacial score (nSPS) is 13.2. The Bertz CT molecular complexity index is 4200. The number of hydrogen-bond donors (Lipinski definition) is 0. The maximum atomic E-state index is 5.50. The zero-order valence-electron chi connectivity index (χ0n) is 37.8. The molecular weight excluding hydrogens is 853 g/mol. The van der Waals surface area contributed by atoms with Gasteiger partial charge in [0.1, 0.15) is 0 Å². The molecule has 70 heavy (non-hydrogen) atoms. The monoisotopic (exact) mass is 892 g/mol. The molecule has 13 aromatic rings. The summed E-state index contributed by atoms with van der Waals surface area (Å²) in [4.78, 5) is 18.6. The van der Waals surface area contributed by atoms with Crippen LogP contribution in [0.3, 0.4) is 0 Å². The van der Waals surface area contributed by atoms with Crippen molar-refractivity contribution in [3.63, 3.8) is 0 Å². The molecule has 0 amide bonds. The number of para-hydroxylation sites is 6. The first-order valence-corrected chi connectivity index (χ1v) is 23.9. The Morgan fingerprint density at radius 2 is 0.800 bits per heavy atom. The molecule has 0 saturated carbocycles. The number of fused-ring (bicyclic) bond motifs is 15.